The van der Waals surface area contributed by atoms with E-state index in [0.29, 0.717) is 4.31 Å². The predicted octanol–water partition coefficient (Wildman–Crippen LogP) is 2.21. The Kier molecular flexibility index (Phi) is 2.98. The number of β-lactam (4-membered cyclic amide) rings is 1. The summed E-state index contributed by atoms with van der Waals surface area (Å²) in [5, 5.41) is 0. The zero-order valence-corrected chi connectivity index (χ0v) is 11.1. The highest BCUT2D eigenvalue weighted by atomic mass is 79.9. The van der Waals surface area contributed by atoms with Crippen LogP contribution in [0.15, 0.2) is 28.7 Å². The molecule has 1 atom stereocenters. The van der Waals surface area contributed by atoms with Gasteiger partial charge in [-0.15, -0.1) is 0 Å². The number of hydrogen-bond donors (Lipinski definition) is 0. The molecular formula is C9H7BrClNO3S. The van der Waals surface area contributed by atoms with E-state index in [2.05, 4.69) is 15.9 Å². The normalized spacial score (nSPS) is 20.8. The minimum Gasteiger partial charge on any atom is -0.274 e. The zero-order chi connectivity index (χ0) is 11.9. The Morgan fingerprint density at radius 2 is 2.12 bits per heavy atom. The molecule has 0 saturated carbocycles. The van der Waals surface area contributed by atoms with Gasteiger partial charge in [0, 0.05) is 15.2 Å². The van der Waals surface area contributed by atoms with E-state index >= 15 is 0 Å². The average Bonchev–Trinajstić information content (AvgIpc) is 2.11. The van der Waals surface area contributed by atoms with Gasteiger partial charge in [-0.2, -0.15) is 8.42 Å². The lowest BCUT2D eigenvalue weighted by molar-refractivity contribution is -0.137. The first kappa shape index (κ1) is 11.9. The summed E-state index contributed by atoms with van der Waals surface area (Å²) in [7, 11) is 1.20. The van der Waals surface area contributed by atoms with E-state index in [9.17, 15) is 13.2 Å². The molecule has 86 valence electrons. The van der Waals surface area contributed by atoms with E-state index in [1.54, 1.807) is 18.2 Å². The van der Waals surface area contributed by atoms with Gasteiger partial charge in [-0.3, -0.25) is 4.79 Å². The van der Waals surface area contributed by atoms with Gasteiger partial charge in [0.2, 0.25) is 5.91 Å². The molecule has 0 aliphatic carbocycles. The summed E-state index contributed by atoms with van der Waals surface area (Å²) in [4.78, 5) is 11.2. The number of amides is 1. The van der Waals surface area contributed by atoms with Gasteiger partial charge in [0.1, 0.15) is 0 Å². The number of nitrogens with zero attached hydrogens (tertiary/aromatic N) is 1. The minimum absolute atomic E-state index is 0.169. The summed E-state index contributed by atoms with van der Waals surface area (Å²) < 4.78 is 23.8. The lowest BCUT2D eigenvalue weighted by Gasteiger charge is -2.37. The van der Waals surface area contributed by atoms with Crippen LogP contribution in [-0.2, 0) is 14.0 Å². The van der Waals surface area contributed by atoms with Gasteiger partial charge in [-0.25, -0.2) is 4.31 Å². The Balaban J connectivity index is 2.34. The van der Waals surface area contributed by atoms with Crippen molar-refractivity contribution in [3.8, 4) is 0 Å². The summed E-state index contributed by atoms with van der Waals surface area (Å²) in [6, 6.07) is 6.65. The van der Waals surface area contributed by atoms with Gasteiger partial charge in [0.15, 0.2) is 0 Å². The molecule has 1 unspecified atom stereocenters. The molecule has 1 aromatic rings. The van der Waals surface area contributed by atoms with Gasteiger partial charge in [0.25, 0.3) is 0 Å². The first-order valence-corrected chi connectivity index (χ1v) is 7.48. The second-order valence-corrected chi connectivity index (χ2v) is 6.71. The van der Waals surface area contributed by atoms with E-state index in [0.717, 1.165) is 10.0 Å². The largest absolute Gasteiger partial charge is 0.324 e. The number of carbonyl (C=O) groups is 1. The highest BCUT2D eigenvalue weighted by molar-refractivity contribution is 9.10. The van der Waals surface area contributed by atoms with Crippen molar-refractivity contribution in [1.29, 1.82) is 0 Å². The van der Waals surface area contributed by atoms with Gasteiger partial charge < -0.3 is 0 Å². The number of rotatable bonds is 2. The maximum atomic E-state index is 11.2. The summed E-state index contributed by atoms with van der Waals surface area (Å²) in [6.45, 7) is 0. The summed E-state index contributed by atoms with van der Waals surface area (Å²) >= 11 is 3.28. The molecule has 1 fully saturated rings. The molecule has 0 bridgehead atoms. The van der Waals surface area contributed by atoms with Crippen LogP contribution >= 0.6 is 26.6 Å². The Morgan fingerprint density at radius 3 is 2.62 bits per heavy atom. The van der Waals surface area contributed by atoms with Crippen LogP contribution in [-0.4, -0.2) is 18.6 Å². The lowest BCUT2D eigenvalue weighted by atomic mass is 9.97. The van der Waals surface area contributed by atoms with Crippen LogP contribution in [0.5, 0.6) is 0 Å². The highest BCUT2D eigenvalue weighted by Gasteiger charge is 2.44. The maximum Gasteiger partial charge on any atom is 0.324 e. The summed E-state index contributed by atoms with van der Waals surface area (Å²) in [5.41, 5.74) is 0.748. The molecular weight excluding hydrogens is 318 g/mol. The predicted molar refractivity (Wildman–Crippen MR) is 63.1 cm³/mol. The van der Waals surface area contributed by atoms with Crippen LogP contribution in [0.25, 0.3) is 0 Å². The van der Waals surface area contributed by atoms with Crippen molar-refractivity contribution in [1.82, 2.24) is 4.31 Å². The molecule has 4 nitrogen and oxygen atoms in total. The molecule has 2 rings (SSSR count). The molecule has 0 N–H and O–H groups in total. The van der Waals surface area contributed by atoms with Crippen molar-refractivity contribution < 1.29 is 13.2 Å². The third-order valence-electron chi connectivity index (χ3n) is 2.37. The van der Waals surface area contributed by atoms with Gasteiger partial charge in [-0.05, 0) is 17.7 Å². The van der Waals surface area contributed by atoms with Gasteiger partial charge in [0.05, 0.1) is 12.5 Å². The second-order valence-electron chi connectivity index (χ2n) is 3.41. The molecule has 0 aromatic heterocycles. The highest BCUT2D eigenvalue weighted by Crippen LogP contribution is 2.38. The smallest absolute Gasteiger partial charge is 0.274 e. The summed E-state index contributed by atoms with van der Waals surface area (Å²) in [5.74, 6) is -0.472. The monoisotopic (exact) mass is 323 g/mol. The Morgan fingerprint density at radius 1 is 1.44 bits per heavy atom. The molecule has 1 aromatic carbocycles. The average molecular weight is 325 g/mol. The van der Waals surface area contributed by atoms with E-state index in [4.69, 9.17) is 10.7 Å². The zero-order valence-electron chi connectivity index (χ0n) is 7.93. The Labute approximate surface area is 106 Å². The van der Waals surface area contributed by atoms with E-state index in [-0.39, 0.29) is 6.42 Å². The molecule has 16 heavy (non-hydrogen) atoms. The Hall–Kier alpha value is -0.590. The molecule has 1 amide bonds. The quantitative estimate of drug-likeness (QED) is 0.619. The molecule has 0 spiro atoms. The van der Waals surface area contributed by atoms with E-state index in [1.165, 1.54) is 0 Å². The first-order valence-electron chi connectivity index (χ1n) is 4.42. The van der Waals surface area contributed by atoms with Crippen LogP contribution in [0.1, 0.15) is 18.0 Å². The number of carbonyl (C=O) groups excluding carboxylic acids is 1. The van der Waals surface area contributed by atoms with Crippen LogP contribution in [0.4, 0.5) is 0 Å². The second kappa shape index (κ2) is 4.01. The molecule has 1 aliphatic rings. The fourth-order valence-corrected chi connectivity index (χ4v) is 3.39. The number of hydrogen-bond acceptors (Lipinski definition) is 3. The summed E-state index contributed by atoms with van der Waals surface area (Å²) in [6.07, 6.45) is 0.169. The van der Waals surface area contributed by atoms with Crippen molar-refractivity contribution in [2.45, 2.75) is 12.5 Å². The fraction of sp³-hybridized carbons (Fsp3) is 0.222. The number of halogens is 2. The SMILES string of the molecule is O=C1CC(c2cccc(Br)c2)N1S(=O)(=O)Cl. The van der Waals surface area contributed by atoms with Crippen molar-refractivity contribution in [2.24, 2.45) is 0 Å². The van der Waals surface area contributed by atoms with E-state index < -0.39 is 21.2 Å². The molecule has 1 heterocycles. The van der Waals surface area contributed by atoms with Crippen LogP contribution in [0.3, 0.4) is 0 Å². The molecule has 1 aliphatic heterocycles. The molecule has 0 radical (unpaired) electrons. The fourth-order valence-electron chi connectivity index (χ4n) is 1.64. The molecule has 7 heteroatoms. The van der Waals surface area contributed by atoms with Crippen molar-refractivity contribution >= 4 is 41.8 Å². The van der Waals surface area contributed by atoms with Crippen molar-refractivity contribution in [3.63, 3.8) is 0 Å². The maximum absolute atomic E-state index is 11.2. The molecule has 1 saturated heterocycles. The van der Waals surface area contributed by atoms with Crippen molar-refractivity contribution in [2.75, 3.05) is 0 Å². The lowest BCUT2D eigenvalue weighted by Crippen LogP contribution is -2.47. The van der Waals surface area contributed by atoms with Gasteiger partial charge in [-0.1, -0.05) is 28.1 Å². The van der Waals surface area contributed by atoms with Crippen LogP contribution in [0.2, 0.25) is 0 Å². The number of benzene rings is 1. The Bertz CT molecular complexity index is 545. The first-order chi connectivity index (χ1) is 7.39. The third-order valence-corrected chi connectivity index (χ3v) is 4.23. The van der Waals surface area contributed by atoms with Crippen LogP contribution < -0.4 is 0 Å². The minimum atomic E-state index is -3.98. The standard InChI is InChI=1S/C9H7BrClNO3S/c10-7-3-1-2-6(4-7)8-5-9(13)12(8)16(11,14)15/h1-4,8H,5H2. The van der Waals surface area contributed by atoms with Crippen LogP contribution in [0, 0.1) is 0 Å². The third kappa shape index (κ3) is 2.09. The van der Waals surface area contributed by atoms with Gasteiger partial charge >= 0.3 is 9.24 Å². The topological polar surface area (TPSA) is 54.5 Å². The van der Waals surface area contributed by atoms with Crippen molar-refractivity contribution in [3.05, 3.63) is 34.3 Å². The van der Waals surface area contributed by atoms with E-state index in [1.807, 2.05) is 6.07 Å².